The summed E-state index contributed by atoms with van der Waals surface area (Å²) in [5.41, 5.74) is 3.03. The molecule has 6 heteroatoms. The third-order valence-electron chi connectivity index (χ3n) is 7.29. The highest BCUT2D eigenvalue weighted by atomic mass is 19.1. The van der Waals surface area contributed by atoms with Gasteiger partial charge in [0, 0.05) is 11.1 Å². The van der Waals surface area contributed by atoms with Gasteiger partial charge in [0.2, 0.25) is 0 Å². The molecule has 182 valence electrons. The third kappa shape index (κ3) is 4.62. The van der Waals surface area contributed by atoms with Crippen LogP contribution in [-0.4, -0.2) is 18.2 Å². The standard InChI is InChI=1S/C29H28F2O4/c1-16(29(32)33)28(17-6-7-17)19-4-3-5-21(12-19)35-27-11-8-18-13-23(26(31)15-22(18)27)24-14-20(34-2)9-10-25(24)30/h3-5,9-10,12-17,27-28H,6-8,11H2,1-2H3,(H,32,33)/t16-,27+,28-/m0/s1. The fourth-order valence-corrected chi connectivity index (χ4v) is 5.30. The van der Waals surface area contributed by atoms with Crippen molar-refractivity contribution in [3.63, 3.8) is 0 Å². The van der Waals surface area contributed by atoms with Crippen LogP contribution in [0.3, 0.4) is 0 Å². The molecule has 0 heterocycles. The van der Waals surface area contributed by atoms with Crippen molar-refractivity contribution in [2.45, 2.75) is 44.6 Å². The molecule has 2 aliphatic rings. The van der Waals surface area contributed by atoms with E-state index < -0.39 is 23.5 Å². The summed E-state index contributed by atoms with van der Waals surface area (Å²) in [5, 5.41) is 9.58. The zero-order valence-electron chi connectivity index (χ0n) is 19.8. The Balaban J connectivity index is 1.41. The Morgan fingerprint density at radius 3 is 2.46 bits per heavy atom. The molecule has 1 saturated carbocycles. The first-order valence-corrected chi connectivity index (χ1v) is 12.0. The van der Waals surface area contributed by atoms with Gasteiger partial charge in [-0.3, -0.25) is 4.79 Å². The molecule has 0 spiro atoms. The van der Waals surface area contributed by atoms with Crippen molar-refractivity contribution in [3.8, 4) is 22.6 Å². The number of carboxylic acids is 1. The lowest BCUT2D eigenvalue weighted by Gasteiger charge is -2.22. The first-order valence-electron chi connectivity index (χ1n) is 12.0. The molecule has 1 fully saturated rings. The normalized spacial score (nSPS) is 18.6. The van der Waals surface area contributed by atoms with Gasteiger partial charge in [-0.15, -0.1) is 0 Å². The second-order valence-corrected chi connectivity index (χ2v) is 9.58. The molecule has 1 N–H and O–H groups in total. The van der Waals surface area contributed by atoms with Crippen molar-refractivity contribution in [2.24, 2.45) is 11.8 Å². The van der Waals surface area contributed by atoms with Crippen LogP contribution in [0.15, 0.2) is 54.6 Å². The minimum absolute atomic E-state index is 0.0512. The molecule has 3 atom stereocenters. The van der Waals surface area contributed by atoms with E-state index in [1.807, 2.05) is 24.3 Å². The minimum Gasteiger partial charge on any atom is -0.497 e. The van der Waals surface area contributed by atoms with Crippen LogP contribution in [0.1, 0.15) is 54.9 Å². The van der Waals surface area contributed by atoms with Gasteiger partial charge in [-0.1, -0.05) is 19.1 Å². The highest BCUT2D eigenvalue weighted by Gasteiger charge is 2.39. The van der Waals surface area contributed by atoms with E-state index in [9.17, 15) is 14.3 Å². The fourth-order valence-electron chi connectivity index (χ4n) is 5.30. The van der Waals surface area contributed by atoms with Gasteiger partial charge in [-0.25, -0.2) is 8.78 Å². The second-order valence-electron chi connectivity index (χ2n) is 9.58. The fraction of sp³-hybridized carbons (Fsp3) is 0.345. The van der Waals surface area contributed by atoms with Crippen molar-refractivity contribution >= 4 is 5.97 Å². The predicted molar refractivity (Wildman–Crippen MR) is 129 cm³/mol. The average Bonchev–Trinajstić information content (AvgIpc) is 3.61. The van der Waals surface area contributed by atoms with Crippen LogP contribution in [0.25, 0.3) is 11.1 Å². The van der Waals surface area contributed by atoms with Gasteiger partial charge in [0.05, 0.1) is 13.0 Å². The Morgan fingerprint density at radius 1 is 0.971 bits per heavy atom. The average molecular weight is 479 g/mol. The number of benzene rings is 3. The molecule has 2 aliphatic carbocycles. The van der Waals surface area contributed by atoms with Crippen LogP contribution in [0.2, 0.25) is 0 Å². The van der Waals surface area contributed by atoms with Crippen LogP contribution in [0, 0.1) is 23.5 Å². The number of hydrogen-bond donors (Lipinski definition) is 1. The Labute approximate surface area is 203 Å². The van der Waals surface area contributed by atoms with Crippen molar-refractivity contribution in [2.75, 3.05) is 7.11 Å². The van der Waals surface area contributed by atoms with Crippen molar-refractivity contribution in [1.82, 2.24) is 0 Å². The summed E-state index contributed by atoms with van der Waals surface area (Å²) in [5.74, 6) is -0.850. The van der Waals surface area contributed by atoms with E-state index in [-0.39, 0.29) is 23.1 Å². The summed E-state index contributed by atoms with van der Waals surface area (Å²) in [7, 11) is 1.49. The zero-order valence-corrected chi connectivity index (χ0v) is 19.8. The molecule has 0 radical (unpaired) electrons. The zero-order chi connectivity index (χ0) is 24.7. The molecule has 0 saturated heterocycles. The second kappa shape index (κ2) is 9.33. The van der Waals surface area contributed by atoms with Gasteiger partial charge in [0.15, 0.2) is 0 Å². The number of methoxy groups -OCH3 is 1. The first kappa shape index (κ1) is 23.3. The summed E-state index contributed by atoms with van der Waals surface area (Å²) < 4.78 is 41.1. The number of fused-ring (bicyclic) bond motifs is 1. The Morgan fingerprint density at radius 2 is 1.74 bits per heavy atom. The Hall–Kier alpha value is -3.41. The van der Waals surface area contributed by atoms with E-state index >= 15 is 4.39 Å². The number of aliphatic carboxylic acids is 1. The monoisotopic (exact) mass is 478 g/mol. The van der Waals surface area contributed by atoms with E-state index in [2.05, 4.69) is 0 Å². The summed E-state index contributed by atoms with van der Waals surface area (Å²) in [6.07, 6.45) is 3.13. The lowest BCUT2D eigenvalue weighted by molar-refractivity contribution is -0.142. The summed E-state index contributed by atoms with van der Waals surface area (Å²) in [6.45, 7) is 1.76. The molecule has 0 bridgehead atoms. The number of carbonyl (C=O) groups is 1. The van der Waals surface area contributed by atoms with Crippen LogP contribution >= 0.6 is 0 Å². The summed E-state index contributed by atoms with van der Waals surface area (Å²) in [4.78, 5) is 11.7. The molecule has 3 aromatic rings. The highest BCUT2D eigenvalue weighted by molar-refractivity contribution is 5.71. The molecular weight excluding hydrogens is 450 g/mol. The molecular formula is C29H28F2O4. The van der Waals surface area contributed by atoms with Gasteiger partial charge >= 0.3 is 5.97 Å². The van der Waals surface area contributed by atoms with Gasteiger partial charge in [0.1, 0.15) is 29.2 Å². The third-order valence-corrected chi connectivity index (χ3v) is 7.29. The number of hydrogen-bond acceptors (Lipinski definition) is 3. The predicted octanol–water partition coefficient (Wildman–Crippen LogP) is 6.92. The highest BCUT2D eigenvalue weighted by Crippen LogP contribution is 2.47. The lowest BCUT2D eigenvalue weighted by atomic mass is 9.83. The first-order chi connectivity index (χ1) is 16.9. The molecule has 3 aromatic carbocycles. The Bertz CT molecular complexity index is 1270. The summed E-state index contributed by atoms with van der Waals surface area (Å²) in [6, 6.07) is 15.1. The minimum atomic E-state index is -0.795. The molecule has 0 aromatic heterocycles. The van der Waals surface area contributed by atoms with E-state index in [1.165, 1.54) is 31.4 Å². The van der Waals surface area contributed by atoms with Gasteiger partial charge in [-0.2, -0.15) is 0 Å². The lowest BCUT2D eigenvalue weighted by Crippen LogP contribution is -2.20. The molecule has 0 aliphatic heterocycles. The molecule has 0 amide bonds. The SMILES string of the molecule is COc1ccc(F)c(-c2cc3c(cc2F)[C@H](Oc2cccc([C@H](C4CC4)[C@H](C)C(=O)O)c2)CC3)c1. The van der Waals surface area contributed by atoms with Crippen molar-refractivity contribution in [1.29, 1.82) is 0 Å². The number of carboxylic acid groups (broad SMARTS) is 1. The maximum absolute atomic E-state index is 15.2. The smallest absolute Gasteiger partial charge is 0.306 e. The summed E-state index contributed by atoms with van der Waals surface area (Å²) >= 11 is 0. The van der Waals surface area contributed by atoms with E-state index in [4.69, 9.17) is 9.47 Å². The van der Waals surface area contributed by atoms with E-state index in [0.717, 1.165) is 29.5 Å². The van der Waals surface area contributed by atoms with Gasteiger partial charge in [-0.05, 0) is 96.7 Å². The molecule has 35 heavy (non-hydrogen) atoms. The quantitative estimate of drug-likeness (QED) is 0.382. The van der Waals surface area contributed by atoms with E-state index in [0.29, 0.717) is 30.3 Å². The maximum Gasteiger partial charge on any atom is 0.306 e. The van der Waals surface area contributed by atoms with Crippen molar-refractivity contribution < 1.29 is 28.2 Å². The van der Waals surface area contributed by atoms with Crippen LogP contribution in [0.4, 0.5) is 8.78 Å². The van der Waals surface area contributed by atoms with Gasteiger partial charge in [0.25, 0.3) is 0 Å². The largest absolute Gasteiger partial charge is 0.497 e. The number of rotatable bonds is 8. The van der Waals surface area contributed by atoms with Crippen LogP contribution in [-0.2, 0) is 11.2 Å². The number of ether oxygens (including phenoxy) is 2. The topological polar surface area (TPSA) is 55.8 Å². The van der Waals surface area contributed by atoms with Crippen molar-refractivity contribution in [3.05, 3.63) is 82.9 Å². The molecule has 4 nitrogen and oxygen atoms in total. The van der Waals surface area contributed by atoms with Crippen LogP contribution in [0.5, 0.6) is 11.5 Å². The Kier molecular flexibility index (Phi) is 6.22. The maximum atomic E-state index is 15.2. The van der Waals surface area contributed by atoms with Gasteiger partial charge < -0.3 is 14.6 Å². The molecule has 5 rings (SSSR count). The number of halogens is 2. The molecule has 0 unspecified atom stereocenters. The van der Waals surface area contributed by atoms with E-state index in [1.54, 1.807) is 13.0 Å². The van der Waals surface area contributed by atoms with Crippen LogP contribution < -0.4 is 9.47 Å². The number of aryl methyl sites for hydroxylation is 1.